The predicted octanol–water partition coefficient (Wildman–Crippen LogP) is 3.31. The topological polar surface area (TPSA) is 80.0 Å². The SMILES string of the molecule is C[C@](O)(CC(=O)Nc1cccc(-c2nnc3n2CCCCC3)c1)C(F)(F)F. The summed E-state index contributed by atoms with van der Waals surface area (Å²) < 4.78 is 40.2. The van der Waals surface area contributed by atoms with Crippen molar-refractivity contribution in [3.05, 3.63) is 30.1 Å². The van der Waals surface area contributed by atoms with Gasteiger partial charge in [-0.15, -0.1) is 10.2 Å². The normalized spacial score (nSPS) is 16.9. The molecule has 1 aliphatic heterocycles. The molecule has 0 aliphatic carbocycles. The van der Waals surface area contributed by atoms with E-state index in [0.29, 0.717) is 18.4 Å². The van der Waals surface area contributed by atoms with Crippen LogP contribution in [0.3, 0.4) is 0 Å². The van der Waals surface area contributed by atoms with E-state index < -0.39 is 24.1 Å². The molecule has 1 atom stereocenters. The van der Waals surface area contributed by atoms with Crippen LogP contribution in [0, 0.1) is 0 Å². The molecule has 3 rings (SSSR count). The molecule has 9 heteroatoms. The van der Waals surface area contributed by atoms with Crippen molar-refractivity contribution in [2.75, 3.05) is 5.32 Å². The largest absolute Gasteiger partial charge is 0.417 e. The van der Waals surface area contributed by atoms with E-state index in [2.05, 4.69) is 15.5 Å². The van der Waals surface area contributed by atoms with Crippen molar-refractivity contribution in [1.82, 2.24) is 14.8 Å². The highest BCUT2D eigenvalue weighted by atomic mass is 19.4. The maximum absolute atomic E-state index is 12.7. The third-order valence-corrected chi connectivity index (χ3v) is 4.63. The molecule has 1 aromatic carbocycles. The first-order valence-electron chi connectivity index (χ1n) is 8.79. The van der Waals surface area contributed by atoms with Crippen LogP contribution in [0.25, 0.3) is 11.4 Å². The number of rotatable bonds is 4. The first-order valence-corrected chi connectivity index (χ1v) is 8.79. The monoisotopic (exact) mass is 382 g/mol. The maximum atomic E-state index is 12.7. The van der Waals surface area contributed by atoms with E-state index in [9.17, 15) is 23.1 Å². The van der Waals surface area contributed by atoms with Crippen LogP contribution < -0.4 is 5.32 Å². The Bertz CT molecular complexity index is 830. The number of halogens is 3. The molecule has 0 unspecified atom stereocenters. The summed E-state index contributed by atoms with van der Waals surface area (Å²) in [6.07, 6.45) is -1.89. The number of carbonyl (C=O) groups excluding carboxylic acids is 1. The summed E-state index contributed by atoms with van der Waals surface area (Å²) >= 11 is 0. The summed E-state index contributed by atoms with van der Waals surface area (Å²) in [4.78, 5) is 11.9. The third-order valence-electron chi connectivity index (χ3n) is 4.63. The molecule has 0 fully saturated rings. The van der Waals surface area contributed by atoms with Gasteiger partial charge in [-0.2, -0.15) is 13.2 Å². The van der Waals surface area contributed by atoms with E-state index in [1.165, 1.54) is 0 Å². The van der Waals surface area contributed by atoms with Gasteiger partial charge in [-0.1, -0.05) is 18.6 Å². The standard InChI is InChI=1S/C18H21F3N4O2/c1-17(27,18(19,20)21)11-15(26)22-13-7-5-6-12(10-13)16-24-23-14-8-3-2-4-9-25(14)16/h5-7,10,27H,2-4,8-9,11H2,1H3,(H,22,26)/t17-/m0/s1. The van der Waals surface area contributed by atoms with Crippen LogP contribution in [0.2, 0.25) is 0 Å². The Hall–Kier alpha value is -2.42. The van der Waals surface area contributed by atoms with E-state index >= 15 is 0 Å². The molecule has 0 bridgehead atoms. The van der Waals surface area contributed by atoms with Gasteiger partial charge in [-0.3, -0.25) is 4.79 Å². The molecule has 0 saturated carbocycles. The molecule has 146 valence electrons. The van der Waals surface area contributed by atoms with E-state index in [4.69, 9.17) is 0 Å². The highest BCUT2D eigenvalue weighted by Crippen LogP contribution is 2.33. The Balaban J connectivity index is 1.77. The summed E-state index contributed by atoms with van der Waals surface area (Å²) in [5.74, 6) is 0.665. The molecule has 6 nitrogen and oxygen atoms in total. The van der Waals surface area contributed by atoms with Crippen molar-refractivity contribution in [2.24, 2.45) is 0 Å². The number of aryl methyl sites for hydroxylation is 1. The summed E-state index contributed by atoms with van der Waals surface area (Å²) in [6.45, 7) is 1.39. The molecule has 27 heavy (non-hydrogen) atoms. The predicted molar refractivity (Wildman–Crippen MR) is 92.9 cm³/mol. The Kier molecular flexibility index (Phi) is 5.23. The lowest BCUT2D eigenvalue weighted by Gasteiger charge is -2.25. The number of amides is 1. The molecule has 1 amide bonds. The second-order valence-electron chi connectivity index (χ2n) is 6.98. The average molecular weight is 382 g/mol. The molecule has 1 aromatic heterocycles. The van der Waals surface area contributed by atoms with Crippen LogP contribution in [0.15, 0.2) is 24.3 Å². The smallest absolute Gasteiger partial charge is 0.380 e. The molecular formula is C18H21F3N4O2. The van der Waals surface area contributed by atoms with E-state index in [1.807, 2.05) is 10.6 Å². The third kappa shape index (κ3) is 4.29. The maximum Gasteiger partial charge on any atom is 0.417 e. The van der Waals surface area contributed by atoms with Gasteiger partial charge in [-0.25, -0.2) is 0 Å². The second kappa shape index (κ2) is 7.30. The molecule has 2 heterocycles. The van der Waals surface area contributed by atoms with Gasteiger partial charge in [-0.05, 0) is 31.9 Å². The van der Waals surface area contributed by atoms with Gasteiger partial charge in [0.25, 0.3) is 0 Å². The quantitative estimate of drug-likeness (QED) is 0.850. The van der Waals surface area contributed by atoms with Gasteiger partial charge in [0.1, 0.15) is 5.82 Å². The highest BCUT2D eigenvalue weighted by molar-refractivity contribution is 5.92. The number of aromatic nitrogens is 3. The summed E-state index contributed by atoms with van der Waals surface area (Å²) in [7, 11) is 0. The van der Waals surface area contributed by atoms with Crippen molar-refractivity contribution in [3.8, 4) is 11.4 Å². The zero-order chi connectivity index (χ0) is 19.7. The van der Waals surface area contributed by atoms with Gasteiger partial charge in [0, 0.05) is 24.2 Å². The number of hydrogen-bond acceptors (Lipinski definition) is 4. The second-order valence-corrected chi connectivity index (χ2v) is 6.98. The number of hydrogen-bond donors (Lipinski definition) is 2. The van der Waals surface area contributed by atoms with Crippen LogP contribution in [0.5, 0.6) is 0 Å². The fraction of sp³-hybridized carbons (Fsp3) is 0.500. The zero-order valence-electron chi connectivity index (χ0n) is 14.9. The molecule has 0 radical (unpaired) electrons. The fourth-order valence-corrected chi connectivity index (χ4v) is 3.05. The van der Waals surface area contributed by atoms with Crippen LogP contribution in [0.1, 0.15) is 38.4 Å². The summed E-state index contributed by atoms with van der Waals surface area (Å²) in [5, 5.41) is 20.3. The van der Waals surface area contributed by atoms with E-state index in [0.717, 1.165) is 43.6 Å². The molecule has 0 spiro atoms. The van der Waals surface area contributed by atoms with Crippen molar-refractivity contribution >= 4 is 11.6 Å². The highest BCUT2D eigenvalue weighted by Gasteiger charge is 2.50. The first-order chi connectivity index (χ1) is 12.7. The first kappa shape index (κ1) is 19.3. The minimum atomic E-state index is -4.88. The number of carbonyl (C=O) groups is 1. The Morgan fingerprint density at radius 2 is 2.04 bits per heavy atom. The number of anilines is 1. The van der Waals surface area contributed by atoms with Gasteiger partial charge < -0.3 is 15.0 Å². The zero-order valence-corrected chi connectivity index (χ0v) is 14.9. The summed E-state index contributed by atoms with van der Waals surface area (Å²) in [5.41, 5.74) is -2.03. The Morgan fingerprint density at radius 3 is 2.78 bits per heavy atom. The molecule has 2 N–H and O–H groups in total. The van der Waals surface area contributed by atoms with Gasteiger partial charge in [0.15, 0.2) is 11.4 Å². The van der Waals surface area contributed by atoms with E-state index in [1.54, 1.807) is 18.2 Å². The lowest BCUT2D eigenvalue weighted by Crippen LogP contribution is -2.44. The number of fused-ring (bicyclic) bond motifs is 1. The molecule has 1 aliphatic rings. The van der Waals surface area contributed by atoms with Crippen molar-refractivity contribution in [3.63, 3.8) is 0 Å². The fourth-order valence-electron chi connectivity index (χ4n) is 3.05. The van der Waals surface area contributed by atoms with Crippen LogP contribution in [-0.4, -0.2) is 37.6 Å². The van der Waals surface area contributed by atoms with Crippen molar-refractivity contribution in [1.29, 1.82) is 0 Å². The number of benzene rings is 1. The number of alkyl halides is 3. The Labute approximate surface area is 154 Å². The molecule has 2 aromatic rings. The Morgan fingerprint density at radius 1 is 1.26 bits per heavy atom. The number of nitrogens with one attached hydrogen (secondary N) is 1. The molecular weight excluding hydrogens is 361 g/mol. The van der Waals surface area contributed by atoms with Crippen LogP contribution in [0.4, 0.5) is 18.9 Å². The van der Waals surface area contributed by atoms with Gasteiger partial charge in [0.2, 0.25) is 5.91 Å². The minimum absolute atomic E-state index is 0.335. The van der Waals surface area contributed by atoms with Gasteiger partial charge >= 0.3 is 6.18 Å². The number of nitrogens with zero attached hydrogens (tertiary/aromatic N) is 3. The van der Waals surface area contributed by atoms with Crippen molar-refractivity contribution in [2.45, 2.75) is 57.3 Å². The van der Waals surface area contributed by atoms with Crippen LogP contribution in [-0.2, 0) is 17.8 Å². The molecule has 0 saturated heterocycles. The lowest BCUT2D eigenvalue weighted by atomic mass is 10.0. The van der Waals surface area contributed by atoms with Crippen LogP contribution >= 0.6 is 0 Å². The number of aliphatic hydroxyl groups is 1. The van der Waals surface area contributed by atoms with Crippen molar-refractivity contribution < 1.29 is 23.1 Å². The van der Waals surface area contributed by atoms with Gasteiger partial charge in [0.05, 0.1) is 6.42 Å². The minimum Gasteiger partial charge on any atom is -0.380 e. The van der Waals surface area contributed by atoms with E-state index in [-0.39, 0.29) is 0 Å². The lowest BCUT2D eigenvalue weighted by molar-refractivity contribution is -0.252. The average Bonchev–Trinajstić information content (AvgIpc) is 2.82. The summed E-state index contributed by atoms with van der Waals surface area (Å²) in [6, 6.07) is 6.71.